The van der Waals surface area contributed by atoms with Crippen LogP contribution < -0.4 is 5.56 Å². The smallest absolute Gasteiger partial charge is 0.260 e. The Labute approximate surface area is 187 Å². The number of thiophene rings is 2. The Balaban J connectivity index is 1.49. The lowest BCUT2D eigenvalue weighted by Gasteiger charge is -2.00. The van der Waals surface area contributed by atoms with Crippen molar-refractivity contribution in [2.75, 3.05) is 0 Å². The molecule has 0 aliphatic carbocycles. The van der Waals surface area contributed by atoms with E-state index in [1.807, 2.05) is 28.3 Å². The Morgan fingerprint density at radius 1 is 1.07 bits per heavy atom. The summed E-state index contributed by atoms with van der Waals surface area (Å²) in [5, 5.41) is 7.37. The van der Waals surface area contributed by atoms with E-state index in [4.69, 9.17) is 11.6 Å². The Morgan fingerprint density at radius 3 is 2.67 bits per heavy atom. The Morgan fingerprint density at radius 2 is 1.90 bits per heavy atom. The summed E-state index contributed by atoms with van der Waals surface area (Å²) >= 11 is 10.9. The van der Waals surface area contributed by atoms with Gasteiger partial charge >= 0.3 is 0 Å². The Bertz CT molecular complexity index is 1430. The number of fused-ring (bicyclic) bond motifs is 1. The molecule has 9 heteroatoms. The van der Waals surface area contributed by atoms with Gasteiger partial charge in [-0.25, -0.2) is 14.4 Å². The predicted octanol–water partition coefficient (Wildman–Crippen LogP) is 6.71. The van der Waals surface area contributed by atoms with Crippen LogP contribution in [0.15, 0.2) is 57.3 Å². The van der Waals surface area contributed by atoms with Gasteiger partial charge in [0.25, 0.3) is 5.56 Å². The van der Waals surface area contributed by atoms with Crippen LogP contribution in [0.25, 0.3) is 42.3 Å². The van der Waals surface area contributed by atoms with Crippen LogP contribution >= 0.6 is 45.6 Å². The minimum Gasteiger partial charge on any atom is -0.305 e. The predicted molar refractivity (Wildman–Crippen MR) is 125 cm³/mol. The van der Waals surface area contributed by atoms with Gasteiger partial charge < -0.3 is 4.98 Å². The molecule has 0 amide bonds. The first-order valence-electron chi connectivity index (χ1n) is 8.73. The van der Waals surface area contributed by atoms with Crippen molar-refractivity contribution in [3.63, 3.8) is 0 Å². The van der Waals surface area contributed by atoms with Crippen molar-refractivity contribution in [3.8, 4) is 21.0 Å². The monoisotopic (exact) mass is 471 g/mol. The van der Waals surface area contributed by atoms with E-state index in [9.17, 15) is 9.18 Å². The molecule has 0 spiro atoms. The van der Waals surface area contributed by atoms with Crippen molar-refractivity contribution in [3.05, 3.63) is 80.2 Å². The summed E-state index contributed by atoms with van der Waals surface area (Å²) in [7, 11) is 0. The highest BCUT2D eigenvalue weighted by Crippen LogP contribution is 2.34. The highest BCUT2D eigenvalue weighted by molar-refractivity contribution is 7.18. The molecule has 4 heterocycles. The van der Waals surface area contributed by atoms with E-state index in [2.05, 4.69) is 15.0 Å². The van der Waals surface area contributed by atoms with Crippen molar-refractivity contribution < 1.29 is 4.39 Å². The second kappa shape index (κ2) is 7.88. The van der Waals surface area contributed by atoms with Crippen LogP contribution in [0, 0.1) is 5.82 Å². The lowest BCUT2D eigenvalue weighted by atomic mass is 10.2. The van der Waals surface area contributed by atoms with Gasteiger partial charge in [0.05, 0.1) is 16.1 Å². The number of benzene rings is 1. The zero-order chi connectivity index (χ0) is 20.7. The molecule has 0 saturated carbocycles. The molecule has 30 heavy (non-hydrogen) atoms. The summed E-state index contributed by atoms with van der Waals surface area (Å²) in [6, 6.07) is 10.1. The van der Waals surface area contributed by atoms with E-state index < -0.39 is 0 Å². The number of hydrogen-bond acceptors (Lipinski definition) is 6. The van der Waals surface area contributed by atoms with Crippen molar-refractivity contribution >= 4 is 66.9 Å². The number of aromatic amines is 1. The van der Waals surface area contributed by atoms with Crippen molar-refractivity contribution in [2.45, 2.75) is 0 Å². The second-order valence-electron chi connectivity index (χ2n) is 6.30. The third kappa shape index (κ3) is 3.63. The third-order valence-electron chi connectivity index (χ3n) is 4.34. The molecule has 0 fully saturated rings. The molecule has 0 saturated heterocycles. The number of thiazole rings is 1. The van der Waals surface area contributed by atoms with Gasteiger partial charge in [-0.3, -0.25) is 4.79 Å². The van der Waals surface area contributed by atoms with Crippen LogP contribution in [0.4, 0.5) is 4.39 Å². The summed E-state index contributed by atoms with van der Waals surface area (Å²) in [6.45, 7) is 0. The van der Waals surface area contributed by atoms with Gasteiger partial charge in [0.15, 0.2) is 5.82 Å². The van der Waals surface area contributed by atoms with Crippen LogP contribution in [0.3, 0.4) is 0 Å². The Hall–Kier alpha value is -2.65. The molecule has 1 aromatic carbocycles. The molecule has 5 aromatic rings. The van der Waals surface area contributed by atoms with Crippen LogP contribution in [0.2, 0.25) is 0 Å². The molecule has 0 unspecified atom stereocenters. The molecule has 4 nitrogen and oxygen atoms in total. The van der Waals surface area contributed by atoms with Gasteiger partial charge in [-0.1, -0.05) is 17.7 Å². The summed E-state index contributed by atoms with van der Waals surface area (Å²) in [4.78, 5) is 26.2. The average molecular weight is 472 g/mol. The van der Waals surface area contributed by atoms with Gasteiger partial charge in [0.1, 0.15) is 15.7 Å². The lowest BCUT2D eigenvalue weighted by Crippen LogP contribution is -2.10. The molecule has 5 rings (SSSR count). The standard InChI is InChI=1S/C21H11ClFN3OS3/c22-15(8-13-9-29-20(24-13)11-3-5-12(23)6-4-11)18-25-19(27)17-14(10-30-21(17)26-18)16-2-1-7-28-16/h1-10H,(H,25,26,27)/b15-8-. The fourth-order valence-corrected chi connectivity index (χ4v) is 5.70. The van der Waals surface area contributed by atoms with Gasteiger partial charge in [0, 0.05) is 26.8 Å². The van der Waals surface area contributed by atoms with E-state index >= 15 is 0 Å². The van der Waals surface area contributed by atoms with Gasteiger partial charge in [0.2, 0.25) is 0 Å². The molecule has 0 bridgehead atoms. The molecular formula is C21H11ClFN3OS3. The van der Waals surface area contributed by atoms with Crippen LogP contribution in [0.5, 0.6) is 0 Å². The molecule has 4 aromatic heterocycles. The Kier molecular flexibility index (Phi) is 5.08. The molecule has 0 radical (unpaired) electrons. The fourth-order valence-electron chi connectivity index (χ4n) is 2.95. The first kappa shape index (κ1) is 19.3. The highest BCUT2D eigenvalue weighted by Gasteiger charge is 2.15. The van der Waals surface area contributed by atoms with Crippen molar-refractivity contribution in [1.29, 1.82) is 0 Å². The number of hydrogen-bond donors (Lipinski definition) is 1. The number of rotatable bonds is 4. The molecular weight excluding hydrogens is 461 g/mol. The molecule has 148 valence electrons. The van der Waals surface area contributed by atoms with Crippen molar-refractivity contribution in [1.82, 2.24) is 15.0 Å². The number of halogens is 2. The van der Waals surface area contributed by atoms with Gasteiger partial charge in [-0.2, -0.15) is 0 Å². The largest absolute Gasteiger partial charge is 0.305 e. The maximum Gasteiger partial charge on any atom is 0.260 e. The zero-order valence-electron chi connectivity index (χ0n) is 15.1. The third-order valence-corrected chi connectivity index (χ3v) is 7.32. The molecule has 0 atom stereocenters. The van der Waals surface area contributed by atoms with E-state index in [0.29, 0.717) is 21.7 Å². The summed E-state index contributed by atoms with van der Waals surface area (Å²) in [5.74, 6) is 0.00443. The number of nitrogens with zero attached hydrogens (tertiary/aromatic N) is 2. The molecule has 0 aliphatic rings. The minimum atomic E-state index is -0.292. The average Bonchev–Trinajstić information content (AvgIpc) is 3.49. The van der Waals surface area contributed by atoms with Gasteiger partial charge in [-0.05, 0) is 41.8 Å². The zero-order valence-corrected chi connectivity index (χ0v) is 18.3. The second-order valence-corrected chi connectivity index (χ2v) is 9.37. The molecule has 0 aliphatic heterocycles. The number of H-pyrrole nitrogens is 1. The summed E-state index contributed by atoms with van der Waals surface area (Å²) < 4.78 is 13.1. The lowest BCUT2D eigenvalue weighted by molar-refractivity contribution is 0.628. The van der Waals surface area contributed by atoms with Crippen LogP contribution in [0.1, 0.15) is 11.5 Å². The number of nitrogens with one attached hydrogen (secondary N) is 1. The van der Waals surface area contributed by atoms with E-state index in [1.165, 1.54) is 34.8 Å². The maximum atomic E-state index is 13.1. The van der Waals surface area contributed by atoms with E-state index in [-0.39, 0.29) is 16.4 Å². The topological polar surface area (TPSA) is 58.6 Å². The number of aromatic nitrogens is 3. The van der Waals surface area contributed by atoms with E-state index in [0.717, 1.165) is 21.0 Å². The summed E-state index contributed by atoms with van der Waals surface area (Å²) in [5.41, 5.74) is 2.12. The van der Waals surface area contributed by atoms with Crippen LogP contribution in [-0.2, 0) is 0 Å². The fraction of sp³-hybridized carbons (Fsp3) is 0. The quantitative estimate of drug-likeness (QED) is 0.317. The minimum absolute atomic E-state index is 0.225. The normalized spacial score (nSPS) is 12.0. The SMILES string of the molecule is O=c1[nH]c(/C(Cl)=C/c2csc(-c3ccc(F)cc3)n2)nc2scc(-c3cccs3)c12. The maximum absolute atomic E-state index is 13.1. The molecule has 1 N–H and O–H groups in total. The van der Waals surface area contributed by atoms with Gasteiger partial charge in [-0.15, -0.1) is 34.0 Å². The highest BCUT2D eigenvalue weighted by atomic mass is 35.5. The van der Waals surface area contributed by atoms with E-state index in [1.54, 1.807) is 29.5 Å². The first-order valence-corrected chi connectivity index (χ1v) is 11.7. The first-order chi connectivity index (χ1) is 14.6. The van der Waals surface area contributed by atoms with Crippen molar-refractivity contribution in [2.24, 2.45) is 0 Å². The summed E-state index contributed by atoms with van der Waals surface area (Å²) in [6.07, 6.45) is 1.66. The van der Waals surface area contributed by atoms with Crippen LogP contribution in [-0.4, -0.2) is 15.0 Å².